The maximum atomic E-state index is 12.8. The van der Waals surface area contributed by atoms with E-state index >= 15 is 0 Å². The topological polar surface area (TPSA) is 43.4 Å². The molecule has 0 spiro atoms. The van der Waals surface area contributed by atoms with Crippen molar-refractivity contribution in [3.63, 3.8) is 0 Å². The second-order valence-electron chi connectivity index (χ2n) is 5.20. The fourth-order valence-electron chi connectivity index (χ4n) is 2.57. The van der Waals surface area contributed by atoms with E-state index in [0.29, 0.717) is 26.6 Å². The Labute approximate surface area is 140 Å². The Morgan fingerprint density at radius 3 is 2.22 bits per heavy atom. The van der Waals surface area contributed by atoms with Crippen LogP contribution in [0.4, 0.5) is 0 Å². The molecule has 118 valence electrons. The van der Waals surface area contributed by atoms with Crippen LogP contribution in [0.2, 0.25) is 5.02 Å². The van der Waals surface area contributed by atoms with Gasteiger partial charge in [0.05, 0.1) is 17.8 Å². The molecule has 3 nitrogen and oxygen atoms in total. The second-order valence-corrected chi connectivity index (χ2v) is 7.59. The Kier molecular flexibility index (Phi) is 4.28. The first-order valence-electron chi connectivity index (χ1n) is 7.04. The van der Waals surface area contributed by atoms with Gasteiger partial charge in [0.25, 0.3) is 0 Å². The van der Waals surface area contributed by atoms with Crippen LogP contribution in [0.25, 0.3) is 10.8 Å². The lowest BCUT2D eigenvalue weighted by atomic mass is 10.1. The smallest absolute Gasteiger partial charge is 0.183 e. The molecule has 0 saturated carbocycles. The van der Waals surface area contributed by atoms with Crippen LogP contribution < -0.4 is 4.74 Å². The Morgan fingerprint density at radius 1 is 0.913 bits per heavy atom. The van der Waals surface area contributed by atoms with Crippen molar-refractivity contribution in [3.8, 4) is 5.75 Å². The fourth-order valence-corrected chi connectivity index (χ4v) is 4.27. The van der Waals surface area contributed by atoms with Crippen LogP contribution in [-0.4, -0.2) is 15.5 Å². The zero-order valence-electron chi connectivity index (χ0n) is 12.5. The first-order valence-corrected chi connectivity index (χ1v) is 9.07. The Hall–Kier alpha value is -2.04. The first kappa shape index (κ1) is 15.8. The minimum absolute atomic E-state index is 0.0690. The molecule has 0 radical (unpaired) electrons. The summed E-state index contributed by atoms with van der Waals surface area (Å²) in [4.78, 5) is 0.309. The van der Waals surface area contributed by atoms with E-state index in [0.717, 1.165) is 5.39 Å². The average Bonchev–Trinajstić information content (AvgIpc) is 2.55. The van der Waals surface area contributed by atoms with Gasteiger partial charge in [-0.2, -0.15) is 0 Å². The van der Waals surface area contributed by atoms with E-state index < -0.39 is 9.84 Å². The highest BCUT2D eigenvalue weighted by Crippen LogP contribution is 2.32. The number of fused-ring (bicyclic) bond motifs is 1. The first-order chi connectivity index (χ1) is 11.0. The van der Waals surface area contributed by atoms with Crippen LogP contribution in [-0.2, 0) is 15.6 Å². The predicted octanol–water partition coefficient (Wildman–Crippen LogP) is 4.48. The summed E-state index contributed by atoms with van der Waals surface area (Å²) in [5.41, 5.74) is 0.703. The quantitative estimate of drug-likeness (QED) is 0.699. The van der Waals surface area contributed by atoms with Gasteiger partial charge in [0, 0.05) is 15.8 Å². The molecule has 3 rings (SSSR count). The van der Waals surface area contributed by atoms with E-state index in [2.05, 4.69) is 0 Å². The highest BCUT2D eigenvalue weighted by Gasteiger charge is 2.19. The number of rotatable bonds is 4. The van der Waals surface area contributed by atoms with Crippen molar-refractivity contribution in [2.45, 2.75) is 10.6 Å². The summed E-state index contributed by atoms with van der Waals surface area (Å²) in [5.74, 6) is 0.589. The molecule has 0 unspecified atom stereocenters. The summed E-state index contributed by atoms with van der Waals surface area (Å²) in [6.07, 6.45) is 0. The van der Waals surface area contributed by atoms with Gasteiger partial charge in [-0.15, -0.1) is 0 Å². The highest BCUT2D eigenvalue weighted by atomic mass is 35.5. The summed E-state index contributed by atoms with van der Waals surface area (Å²) >= 11 is 5.85. The number of halogens is 1. The van der Waals surface area contributed by atoms with Crippen molar-refractivity contribution in [2.24, 2.45) is 0 Å². The monoisotopic (exact) mass is 346 g/mol. The van der Waals surface area contributed by atoms with Gasteiger partial charge >= 0.3 is 0 Å². The van der Waals surface area contributed by atoms with E-state index in [1.807, 2.05) is 18.2 Å². The molecule has 0 fully saturated rings. The van der Waals surface area contributed by atoms with Gasteiger partial charge in [-0.05, 0) is 29.8 Å². The lowest BCUT2D eigenvalue weighted by Gasteiger charge is -2.11. The van der Waals surface area contributed by atoms with Gasteiger partial charge in [0.2, 0.25) is 0 Å². The van der Waals surface area contributed by atoms with E-state index in [1.165, 1.54) is 0 Å². The van der Waals surface area contributed by atoms with Crippen molar-refractivity contribution in [1.82, 2.24) is 0 Å². The molecule has 0 aromatic heterocycles. The Balaban J connectivity index is 2.10. The standard InChI is InChI=1S/C18H15ClO3S/c1-22-17-10-11-18(16-5-3-2-4-15(16)17)23(20,21)12-13-6-8-14(19)9-7-13/h2-11H,12H2,1H3. The van der Waals surface area contributed by atoms with Crippen LogP contribution >= 0.6 is 11.6 Å². The molecular weight excluding hydrogens is 332 g/mol. The maximum absolute atomic E-state index is 12.8. The van der Waals surface area contributed by atoms with Gasteiger partial charge in [0.1, 0.15) is 5.75 Å². The van der Waals surface area contributed by atoms with Crippen LogP contribution in [0.5, 0.6) is 5.75 Å². The molecule has 5 heteroatoms. The van der Waals surface area contributed by atoms with Gasteiger partial charge in [-0.3, -0.25) is 0 Å². The third-order valence-corrected chi connectivity index (χ3v) is 5.66. The fraction of sp³-hybridized carbons (Fsp3) is 0.111. The average molecular weight is 347 g/mol. The number of ether oxygens (including phenoxy) is 1. The molecule has 0 aliphatic rings. The summed E-state index contributed by atoms with van der Waals surface area (Å²) in [5, 5.41) is 2.04. The molecule has 0 saturated heterocycles. The largest absolute Gasteiger partial charge is 0.496 e. The third kappa shape index (κ3) is 3.19. The van der Waals surface area contributed by atoms with Gasteiger partial charge in [-0.1, -0.05) is 48.0 Å². The van der Waals surface area contributed by atoms with Crippen LogP contribution in [0, 0.1) is 0 Å². The minimum Gasteiger partial charge on any atom is -0.496 e. The lowest BCUT2D eigenvalue weighted by Crippen LogP contribution is -2.06. The van der Waals surface area contributed by atoms with Crippen molar-refractivity contribution in [3.05, 3.63) is 71.2 Å². The van der Waals surface area contributed by atoms with Crippen molar-refractivity contribution >= 4 is 32.2 Å². The van der Waals surface area contributed by atoms with Crippen LogP contribution in [0.15, 0.2) is 65.6 Å². The molecule has 0 bridgehead atoms. The third-order valence-electron chi connectivity index (χ3n) is 3.67. The molecule has 0 N–H and O–H groups in total. The van der Waals surface area contributed by atoms with Crippen molar-refractivity contribution in [2.75, 3.05) is 7.11 Å². The number of methoxy groups -OCH3 is 1. The molecule has 3 aromatic carbocycles. The molecule has 0 heterocycles. The van der Waals surface area contributed by atoms with Gasteiger partial charge in [-0.25, -0.2) is 8.42 Å². The van der Waals surface area contributed by atoms with E-state index in [4.69, 9.17) is 16.3 Å². The summed E-state index contributed by atoms with van der Waals surface area (Å²) in [7, 11) is -1.90. The normalized spacial score (nSPS) is 11.6. The van der Waals surface area contributed by atoms with Gasteiger partial charge < -0.3 is 4.74 Å². The number of benzene rings is 3. The maximum Gasteiger partial charge on any atom is 0.183 e. The number of sulfone groups is 1. The SMILES string of the molecule is COc1ccc(S(=O)(=O)Cc2ccc(Cl)cc2)c2ccccc12. The van der Waals surface area contributed by atoms with Crippen molar-refractivity contribution in [1.29, 1.82) is 0 Å². The van der Waals surface area contributed by atoms with Crippen LogP contribution in [0.1, 0.15) is 5.56 Å². The molecule has 0 amide bonds. The van der Waals surface area contributed by atoms with E-state index in [-0.39, 0.29) is 5.75 Å². The van der Waals surface area contributed by atoms with Crippen LogP contribution in [0.3, 0.4) is 0 Å². The highest BCUT2D eigenvalue weighted by molar-refractivity contribution is 7.90. The number of hydrogen-bond acceptors (Lipinski definition) is 3. The molecule has 0 atom stereocenters. The number of hydrogen-bond donors (Lipinski definition) is 0. The minimum atomic E-state index is -3.48. The van der Waals surface area contributed by atoms with Crippen molar-refractivity contribution < 1.29 is 13.2 Å². The zero-order chi connectivity index (χ0) is 16.4. The molecule has 3 aromatic rings. The summed E-state index contributed by atoms with van der Waals surface area (Å²) in [6, 6.07) is 17.5. The summed E-state index contributed by atoms with van der Waals surface area (Å²) < 4.78 is 31.0. The molecular formula is C18H15ClO3S. The lowest BCUT2D eigenvalue weighted by molar-refractivity contribution is 0.419. The Bertz CT molecular complexity index is 948. The van der Waals surface area contributed by atoms with Gasteiger partial charge in [0.15, 0.2) is 9.84 Å². The Morgan fingerprint density at radius 2 is 1.57 bits per heavy atom. The summed E-state index contributed by atoms with van der Waals surface area (Å²) in [6.45, 7) is 0. The molecule has 23 heavy (non-hydrogen) atoms. The van der Waals surface area contributed by atoms with E-state index in [1.54, 1.807) is 49.6 Å². The second kappa shape index (κ2) is 6.22. The zero-order valence-corrected chi connectivity index (χ0v) is 14.1. The molecule has 0 aliphatic heterocycles. The van der Waals surface area contributed by atoms with E-state index in [9.17, 15) is 8.42 Å². The molecule has 0 aliphatic carbocycles. The predicted molar refractivity (Wildman–Crippen MR) is 92.8 cm³/mol.